The molecule has 194 valence electrons. The van der Waals surface area contributed by atoms with Gasteiger partial charge >= 0.3 is 10.2 Å². The minimum absolute atomic E-state index is 0.0301. The van der Waals surface area contributed by atoms with Crippen molar-refractivity contribution in [3.63, 3.8) is 0 Å². The predicted molar refractivity (Wildman–Crippen MR) is 127 cm³/mol. The summed E-state index contributed by atoms with van der Waals surface area (Å²) in [5.41, 5.74) is 1.66. The van der Waals surface area contributed by atoms with Crippen LogP contribution >= 0.6 is 0 Å². The van der Waals surface area contributed by atoms with Gasteiger partial charge in [-0.1, -0.05) is 0 Å². The fourth-order valence-corrected chi connectivity index (χ4v) is 5.06. The zero-order valence-electron chi connectivity index (χ0n) is 19.5. The quantitative estimate of drug-likeness (QED) is 0.437. The largest absolute Gasteiger partial charge is 0.490 e. The Morgan fingerprint density at radius 1 is 1.25 bits per heavy atom. The van der Waals surface area contributed by atoms with Crippen LogP contribution < -0.4 is 14.4 Å². The molecule has 13 heteroatoms. The molecule has 4 rings (SSSR count). The molecule has 1 N–H and O–H groups in total. The van der Waals surface area contributed by atoms with Gasteiger partial charge in [-0.05, 0) is 43.2 Å². The molecule has 0 bridgehead atoms. The van der Waals surface area contributed by atoms with Gasteiger partial charge in [0.2, 0.25) is 0 Å². The van der Waals surface area contributed by atoms with E-state index in [1.54, 1.807) is 18.3 Å². The van der Waals surface area contributed by atoms with E-state index in [9.17, 15) is 26.4 Å². The number of halogens is 3. The predicted octanol–water partition coefficient (Wildman–Crippen LogP) is 3.04. The molecular weight excluding hydrogens is 499 g/mol. The molecule has 3 aromatic rings. The lowest BCUT2D eigenvalue weighted by atomic mass is 10.0. The molecule has 0 radical (unpaired) electrons. The van der Waals surface area contributed by atoms with Gasteiger partial charge in [0.25, 0.3) is 5.91 Å². The minimum Gasteiger partial charge on any atom is -0.490 e. The summed E-state index contributed by atoms with van der Waals surface area (Å²) in [4.78, 5) is 19.0. The summed E-state index contributed by atoms with van der Waals surface area (Å²) >= 11 is 0. The zero-order chi connectivity index (χ0) is 25.9. The molecule has 1 aliphatic rings. The number of pyridine rings is 1. The van der Waals surface area contributed by atoms with E-state index < -0.39 is 41.8 Å². The van der Waals surface area contributed by atoms with E-state index in [1.165, 1.54) is 28.8 Å². The Kier molecular flexibility index (Phi) is 7.69. The average molecular weight is 526 g/mol. The third kappa shape index (κ3) is 5.26. The molecule has 3 heterocycles. The van der Waals surface area contributed by atoms with Gasteiger partial charge in [-0.3, -0.25) is 9.20 Å². The second-order valence-corrected chi connectivity index (χ2v) is 10.1. The number of fused-ring (bicyclic) bond motifs is 1. The zero-order valence-corrected chi connectivity index (χ0v) is 20.3. The topological polar surface area (TPSA) is 96.2 Å². The molecular formula is C23H26F3N5O4S. The van der Waals surface area contributed by atoms with E-state index >= 15 is 0 Å². The first-order valence-electron chi connectivity index (χ1n) is 11.3. The van der Waals surface area contributed by atoms with Crippen molar-refractivity contribution in [2.45, 2.75) is 18.9 Å². The number of rotatable bonds is 10. The first-order chi connectivity index (χ1) is 17.2. The number of hydrogen-bond acceptors (Lipinski definition) is 6. The summed E-state index contributed by atoms with van der Waals surface area (Å²) in [5, 5.41) is 0. The highest BCUT2D eigenvalue weighted by atomic mass is 32.2. The fourth-order valence-electron chi connectivity index (χ4n) is 4.25. The van der Waals surface area contributed by atoms with Crippen LogP contribution in [0.15, 0.2) is 42.7 Å². The van der Waals surface area contributed by atoms with E-state index in [1.807, 2.05) is 9.62 Å². The van der Waals surface area contributed by atoms with Crippen molar-refractivity contribution >= 4 is 27.5 Å². The number of alkyl halides is 2. The number of anilines is 1. The van der Waals surface area contributed by atoms with Crippen molar-refractivity contribution in [2.24, 2.45) is 0 Å². The number of ether oxygens (including phenoxy) is 1. The highest BCUT2D eigenvalue weighted by molar-refractivity contribution is 7.87. The summed E-state index contributed by atoms with van der Waals surface area (Å²) in [7, 11) is -3.08. The number of nitrogens with one attached hydrogen (secondary N) is 1. The third-order valence-corrected chi connectivity index (χ3v) is 7.45. The van der Waals surface area contributed by atoms with Crippen LogP contribution in [0.1, 0.15) is 34.9 Å². The first kappa shape index (κ1) is 25.8. The number of carbonyl (C=O) groups is 1. The second-order valence-electron chi connectivity index (χ2n) is 8.28. The minimum atomic E-state index is -4.24. The molecule has 0 saturated carbocycles. The van der Waals surface area contributed by atoms with Crippen LogP contribution in [0.4, 0.5) is 18.9 Å². The molecule has 0 spiro atoms. The van der Waals surface area contributed by atoms with Crippen LogP contribution in [-0.2, 0) is 10.2 Å². The van der Waals surface area contributed by atoms with Crippen molar-refractivity contribution in [2.75, 3.05) is 45.0 Å². The number of aromatic nitrogens is 2. The molecule has 1 saturated heterocycles. The van der Waals surface area contributed by atoms with Crippen LogP contribution in [0.2, 0.25) is 0 Å². The van der Waals surface area contributed by atoms with Gasteiger partial charge in [0.15, 0.2) is 0 Å². The van der Waals surface area contributed by atoms with Gasteiger partial charge < -0.3 is 9.64 Å². The maximum atomic E-state index is 14.1. The number of carbonyl (C=O) groups excluding carboxylic acids is 1. The lowest BCUT2D eigenvalue weighted by Gasteiger charge is -2.28. The van der Waals surface area contributed by atoms with Crippen LogP contribution in [0.3, 0.4) is 0 Å². The number of hydrogen-bond donors (Lipinski definition) is 1. The van der Waals surface area contributed by atoms with E-state index in [-0.39, 0.29) is 18.3 Å². The monoisotopic (exact) mass is 525 g/mol. The molecule has 36 heavy (non-hydrogen) atoms. The smallest absolute Gasteiger partial charge is 0.303 e. The Bertz CT molecular complexity index is 1350. The first-order valence-corrected chi connectivity index (χ1v) is 12.8. The van der Waals surface area contributed by atoms with Crippen molar-refractivity contribution in [1.29, 1.82) is 0 Å². The van der Waals surface area contributed by atoms with Crippen LogP contribution in [0, 0.1) is 5.82 Å². The maximum absolute atomic E-state index is 14.1. The number of amides is 1. The second kappa shape index (κ2) is 10.7. The summed E-state index contributed by atoms with van der Waals surface area (Å²) in [6, 6.07) is 7.34. The van der Waals surface area contributed by atoms with Crippen LogP contribution in [-0.4, -0.2) is 68.1 Å². The molecule has 1 atom stereocenters. The summed E-state index contributed by atoms with van der Waals surface area (Å²) in [5.74, 6) is -0.958. The summed E-state index contributed by atoms with van der Waals surface area (Å²) in [6.45, 7) is -1.48. The van der Waals surface area contributed by atoms with Gasteiger partial charge in [-0.15, -0.1) is 0 Å². The van der Waals surface area contributed by atoms with Crippen LogP contribution in [0.5, 0.6) is 5.75 Å². The standard InChI is InChI=1S/C23H26F3N5O4S/c1-29(11-8-24)36(33,34)28-23(32)20-14-27-22-7-5-17(15-31(20)22)30-10-2-3-19(30)18-13-16(26)4-6-21(18)35-12-9-25/h4-7,13-15,19H,2-3,8-12H2,1H3,(H,28,32)/t19-/m1/s1. The van der Waals surface area contributed by atoms with Gasteiger partial charge in [-0.25, -0.2) is 22.9 Å². The number of benzene rings is 1. The molecule has 1 aromatic carbocycles. The highest BCUT2D eigenvalue weighted by Crippen LogP contribution is 2.40. The Balaban J connectivity index is 1.65. The van der Waals surface area contributed by atoms with Crippen LogP contribution in [0.25, 0.3) is 5.65 Å². The molecule has 1 aliphatic heterocycles. The molecule has 0 unspecified atom stereocenters. The maximum Gasteiger partial charge on any atom is 0.303 e. The van der Waals surface area contributed by atoms with Crippen molar-refractivity contribution in [3.05, 3.63) is 59.8 Å². The SMILES string of the molecule is CN(CCF)S(=O)(=O)NC(=O)c1cnc2ccc(N3CCC[C@@H]3c3cc(F)ccc3OCCF)cn12. The van der Waals surface area contributed by atoms with Crippen molar-refractivity contribution < 1.29 is 31.1 Å². The Morgan fingerprint density at radius 3 is 2.81 bits per heavy atom. The lowest BCUT2D eigenvalue weighted by molar-refractivity contribution is 0.0973. The number of nitrogens with zero attached hydrogens (tertiary/aromatic N) is 4. The molecule has 9 nitrogen and oxygen atoms in total. The van der Waals surface area contributed by atoms with Gasteiger partial charge in [-0.2, -0.15) is 12.7 Å². The van der Waals surface area contributed by atoms with Crippen molar-refractivity contribution in [3.8, 4) is 5.75 Å². The molecule has 0 aliphatic carbocycles. The molecule has 1 amide bonds. The summed E-state index contributed by atoms with van der Waals surface area (Å²) < 4.78 is 73.6. The molecule has 1 fully saturated rings. The van der Waals surface area contributed by atoms with E-state index in [2.05, 4.69) is 4.98 Å². The Labute approximate surface area is 206 Å². The van der Waals surface area contributed by atoms with Gasteiger partial charge in [0, 0.05) is 31.9 Å². The average Bonchev–Trinajstić information content (AvgIpc) is 3.50. The third-order valence-electron chi connectivity index (χ3n) is 6.00. The normalized spacial score (nSPS) is 16.1. The van der Waals surface area contributed by atoms with E-state index in [4.69, 9.17) is 4.74 Å². The van der Waals surface area contributed by atoms with Gasteiger partial charge in [0.05, 0.1) is 17.9 Å². The highest BCUT2D eigenvalue weighted by Gasteiger charge is 2.30. The van der Waals surface area contributed by atoms with E-state index in [0.717, 1.165) is 13.5 Å². The van der Waals surface area contributed by atoms with Gasteiger partial charge in [0.1, 0.15) is 42.9 Å². The van der Waals surface area contributed by atoms with E-state index in [0.29, 0.717) is 39.9 Å². The van der Waals surface area contributed by atoms with Crippen molar-refractivity contribution in [1.82, 2.24) is 18.4 Å². The molecule has 2 aromatic heterocycles. The Morgan fingerprint density at radius 2 is 2.06 bits per heavy atom. The summed E-state index contributed by atoms with van der Waals surface area (Å²) in [6.07, 6.45) is 4.40. The fraction of sp³-hybridized carbons (Fsp3) is 0.391. The number of imidazole rings is 1. The Hall–Kier alpha value is -3.32. The lowest BCUT2D eigenvalue weighted by Crippen LogP contribution is -2.42.